The number of carbonyl (C=O) groups excluding carboxylic acids is 1. The van der Waals surface area contributed by atoms with Crippen molar-refractivity contribution >= 4 is 17.1 Å². The van der Waals surface area contributed by atoms with E-state index in [4.69, 9.17) is 4.74 Å². The number of benzene rings is 1. The molecule has 1 saturated heterocycles. The molecule has 1 amide bonds. The number of hydrogen-bond donors (Lipinski definition) is 0. The molecule has 0 unspecified atom stereocenters. The van der Waals surface area contributed by atoms with Crippen molar-refractivity contribution in [1.29, 1.82) is 0 Å². The number of para-hydroxylation sites is 2. The van der Waals surface area contributed by atoms with Gasteiger partial charge in [-0.05, 0) is 51.7 Å². The molecule has 1 aliphatic rings. The molecule has 0 N–H and O–H groups in total. The van der Waals surface area contributed by atoms with Gasteiger partial charge in [0.2, 0.25) is 0 Å². The van der Waals surface area contributed by atoms with Gasteiger partial charge in [0, 0.05) is 19.6 Å². The van der Waals surface area contributed by atoms with E-state index in [1.54, 1.807) is 0 Å². The normalized spacial score (nSPS) is 16.7. The Morgan fingerprint density at radius 1 is 1.26 bits per heavy atom. The summed E-state index contributed by atoms with van der Waals surface area (Å²) < 4.78 is 7.67. The van der Waals surface area contributed by atoms with E-state index in [9.17, 15) is 4.79 Å². The van der Waals surface area contributed by atoms with Crippen molar-refractivity contribution in [3.63, 3.8) is 0 Å². The van der Waals surface area contributed by atoms with Crippen LogP contribution in [0.1, 0.15) is 33.6 Å². The monoisotopic (exact) mass is 315 g/mol. The molecule has 1 fully saturated rings. The lowest BCUT2D eigenvalue weighted by Crippen LogP contribution is -2.42. The Labute approximate surface area is 137 Å². The first-order chi connectivity index (χ1) is 10.9. The van der Waals surface area contributed by atoms with Crippen LogP contribution in [-0.2, 0) is 11.3 Å². The van der Waals surface area contributed by atoms with E-state index < -0.39 is 5.60 Å². The third-order valence-electron chi connectivity index (χ3n) is 4.25. The number of likely N-dealkylation sites (tertiary alicyclic amines) is 1. The van der Waals surface area contributed by atoms with Crippen molar-refractivity contribution in [3.8, 4) is 0 Å². The first-order valence-electron chi connectivity index (χ1n) is 8.30. The molecule has 1 aliphatic heterocycles. The highest BCUT2D eigenvalue weighted by Crippen LogP contribution is 2.23. The summed E-state index contributed by atoms with van der Waals surface area (Å²) in [5.74, 6) is 0.575. The van der Waals surface area contributed by atoms with Crippen molar-refractivity contribution in [2.24, 2.45) is 5.92 Å². The summed E-state index contributed by atoms with van der Waals surface area (Å²) in [7, 11) is 0. The molecular weight excluding hydrogens is 290 g/mol. The number of nitrogens with zero attached hydrogens (tertiary/aromatic N) is 3. The lowest BCUT2D eigenvalue weighted by molar-refractivity contribution is 0.0178. The van der Waals surface area contributed by atoms with Gasteiger partial charge in [0.25, 0.3) is 0 Å². The predicted molar refractivity (Wildman–Crippen MR) is 90.3 cm³/mol. The molecule has 3 rings (SSSR count). The molecule has 23 heavy (non-hydrogen) atoms. The Morgan fingerprint density at radius 3 is 2.65 bits per heavy atom. The van der Waals surface area contributed by atoms with Crippen LogP contribution in [0.25, 0.3) is 11.0 Å². The molecule has 1 aromatic heterocycles. The minimum Gasteiger partial charge on any atom is -0.444 e. The molecule has 0 bridgehead atoms. The van der Waals surface area contributed by atoms with Crippen LogP contribution in [0.3, 0.4) is 0 Å². The van der Waals surface area contributed by atoms with Crippen molar-refractivity contribution in [2.45, 2.75) is 45.8 Å². The van der Waals surface area contributed by atoms with Crippen molar-refractivity contribution in [1.82, 2.24) is 14.5 Å². The second-order valence-electron chi connectivity index (χ2n) is 7.30. The lowest BCUT2D eigenvalue weighted by Gasteiger charge is -2.33. The zero-order valence-corrected chi connectivity index (χ0v) is 14.2. The molecule has 124 valence electrons. The molecule has 0 spiro atoms. The Morgan fingerprint density at radius 2 is 1.96 bits per heavy atom. The van der Waals surface area contributed by atoms with Gasteiger partial charge in [-0.25, -0.2) is 9.78 Å². The number of hydrogen-bond acceptors (Lipinski definition) is 3. The largest absolute Gasteiger partial charge is 0.444 e. The fourth-order valence-corrected chi connectivity index (χ4v) is 3.06. The van der Waals surface area contributed by atoms with E-state index in [1.165, 1.54) is 5.52 Å². The standard InChI is InChI=1S/C18H25N3O2/c1-18(2,3)23-17(22)20-10-8-14(9-11-20)12-21-13-19-15-6-4-5-7-16(15)21/h4-7,13-14H,8-12H2,1-3H3. The third-order valence-corrected chi connectivity index (χ3v) is 4.25. The first kappa shape index (κ1) is 15.8. The maximum atomic E-state index is 12.1. The van der Waals surface area contributed by atoms with Crippen molar-refractivity contribution < 1.29 is 9.53 Å². The fraction of sp³-hybridized carbons (Fsp3) is 0.556. The summed E-state index contributed by atoms with van der Waals surface area (Å²) in [6.07, 6.45) is 3.74. The molecular formula is C18H25N3O2. The molecule has 2 heterocycles. The van der Waals surface area contributed by atoms with E-state index in [2.05, 4.69) is 15.6 Å². The predicted octanol–water partition coefficient (Wildman–Crippen LogP) is 3.68. The van der Waals surface area contributed by atoms with Crippen molar-refractivity contribution in [3.05, 3.63) is 30.6 Å². The first-order valence-corrected chi connectivity index (χ1v) is 8.30. The number of piperidine rings is 1. The quantitative estimate of drug-likeness (QED) is 0.849. The van der Waals surface area contributed by atoms with Crippen LogP contribution in [0.15, 0.2) is 30.6 Å². The van der Waals surface area contributed by atoms with Crippen LogP contribution in [0.2, 0.25) is 0 Å². The van der Waals surface area contributed by atoms with Gasteiger partial charge in [0.15, 0.2) is 0 Å². The number of ether oxygens (including phenoxy) is 1. The Bertz CT molecular complexity index is 679. The van der Waals surface area contributed by atoms with Gasteiger partial charge in [-0.15, -0.1) is 0 Å². The van der Waals surface area contributed by atoms with E-state index >= 15 is 0 Å². The van der Waals surface area contributed by atoms with Crippen LogP contribution in [0.5, 0.6) is 0 Å². The zero-order chi connectivity index (χ0) is 16.4. The number of rotatable bonds is 2. The number of fused-ring (bicyclic) bond motifs is 1. The maximum Gasteiger partial charge on any atom is 0.410 e. The van der Waals surface area contributed by atoms with Crippen molar-refractivity contribution in [2.75, 3.05) is 13.1 Å². The molecule has 2 aromatic rings. The summed E-state index contributed by atoms with van der Waals surface area (Å²) in [6, 6.07) is 8.21. The second-order valence-corrected chi connectivity index (χ2v) is 7.30. The summed E-state index contributed by atoms with van der Waals surface area (Å²) in [6.45, 7) is 8.21. The minimum atomic E-state index is -0.427. The van der Waals surface area contributed by atoms with E-state index in [1.807, 2.05) is 50.2 Å². The van der Waals surface area contributed by atoms with Gasteiger partial charge < -0.3 is 14.2 Å². The summed E-state index contributed by atoms with van der Waals surface area (Å²) in [5, 5.41) is 0. The topological polar surface area (TPSA) is 47.4 Å². The number of imidazole rings is 1. The SMILES string of the molecule is CC(C)(C)OC(=O)N1CCC(Cn2cnc3ccccc32)CC1. The third kappa shape index (κ3) is 3.84. The molecule has 5 heteroatoms. The highest BCUT2D eigenvalue weighted by Gasteiger charge is 2.27. The van der Waals surface area contributed by atoms with Crippen LogP contribution in [-0.4, -0.2) is 39.2 Å². The molecule has 0 aliphatic carbocycles. The van der Waals surface area contributed by atoms with Crippen LogP contribution >= 0.6 is 0 Å². The average molecular weight is 315 g/mol. The van der Waals surface area contributed by atoms with Gasteiger partial charge in [-0.1, -0.05) is 12.1 Å². The van der Waals surface area contributed by atoms with Gasteiger partial charge in [-0.3, -0.25) is 0 Å². The Kier molecular flexibility index (Phi) is 4.28. The smallest absolute Gasteiger partial charge is 0.410 e. The number of carbonyl (C=O) groups is 1. The Balaban J connectivity index is 1.56. The molecule has 5 nitrogen and oxygen atoms in total. The van der Waals surface area contributed by atoms with Crippen LogP contribution < -0.4 is 0 Å². The van der Waals surface area contributed by atoms with Crippen LogP contribution in [0.4, 0.5) is 4.79 Å². The highest BCUT2D eigenvalue weighted by atomic mass is 16.6. The zero-order valence-electron chi connectivity index (χ0n) is 14.2. The van der Waals surface area contributed by atoms with E-state index in [0.29, 0.717) is 5.92 Å². The van der Waals surface area contributed by atoms with Gasteiger partial charge >= 0.3 is 6.09 Å². The molecule has 0 radical (unpaired) electrons. The van der Waals surface area contributed by atoms with Gasteiger partial charge in [-0.2, -0.15) is 0 Å². The summed E-state index contributed by atoms with van der Waals surface area (Å²) in [5.41, 5.74) is 1.80. The minimum absolute atomic E-state index is 0.191. The van der Waals surface area contributed by atoms with Gasteiger partial charge in [0.05, 0.1) is 17.4 Å². The van der Waals surface area contributed by atoms with Gasteiger partial charge in [0.1, 0.15) is 5.60 Å². The van der Waals surface area contributed by atoms with Crippen LogP contribution in [0, 0.1) is 5.92 Å². The summed E-state index contributed by atoms with van der Waals surface area (Å²) >= 11 is 0. The van der Waals surface area contributed by atoms with E-state index in [-0.39, 0.29) is 6.09 Å². The van der Waals surface area contributed by atoms with E-state index in [0.717, 1.165) is 38.0 Å². The lowest BCUT2D eigenvalue weighted by atomic mass is 9.97. The number of amides is 1. The molecule has 0 saturated carbocycles. The highest BCUT2D eigenvalue weighted by molar-refractivity contribution is 5.74. The second kappa shape index (κ2) is 6.22. The average Bonchev–Trinajstić information content (AvgIpc) is 2.90. The molecule has 0 atom stereocenters. The Hall–Kier alpha value is -2.04. The number of aromatic nitrogens is 2. The maximum absolute atomic E-state index is 12.1. The molecule has 1 aromatic carbocycles. The summed E-state index contributed by atoms with van der Waals surface area (Å²) in [4.78, 5) is 18.4. The fourth-order valence-electron chi connectivity index (χ4n) is 3.06.